The highest BCUT2D eigenvalue weighted by atomic mass is 16.5. The minimum atomic E-state index is 0.187. The molecule has 0 bridgehead atoms. The predicted molar refractivity (Wildman–Crippen MR) is 72.7 cm³/mol. The van der Waals surface area contributed by atoms with Crippen LogP contribution in [0.2, 0.25) is 0 Å². The molecule has 1 atom stereocenters. The van der Waals surface area contributed by atoms with E-state index in [0.717, 1.165) is 31.7 Å². The monoisotopic (exact) mass is 247 g/mol. The van der Waals surface area contributed by atoms with Crippen molar-refractivity contribution in [1.29, 1.82) is 0 Å². The number of rotatable bonds is 5. The van der Waals surface area contributed by atoms with Crippen LogP contribution in [-0.4, -0.2) is 20.3 Å². The summed E-state index contributed by atoms with van der Waals surface area (Å²) in [4.78, 5) is 0. The lowest BCUT2D eigenvalue weighted by Gasteiger charge is -2.25. The van der Waals surface area contributed by atoms with Crippen LogP contribution in [0.4, 0.5) is 0 Å². The molecule has 0 radical (unpaired) electrons. The van der Waals surface area contributed by atoms with Gasteiger partial charge in [0, 0.05) is 5.56 Å². The molecule has 0 fully saturated rings. The van der Waals surface area contributed by atoms with Crippen molar-refractivity contribution >= 4 is 0 Å². The van der Waals surface area contributed by atoms with E-state index in [1.807, 2.05) is 24.5 Å². The summed E-state index contributed by atoms with van der Waals surface area (Å²) in [5.41, 5.74) is 2.48. The van der Waals surface area contributed by atoms with Gasteiger partial charge in [0.25, 0.3) is 0 Å². The molecule has 1 aliphatic rings. The first-order valence-corrected chi connectivity index (χ1v) is 6.53. The van der Waals surface area contributed by atoms with Crippen molar-refractivity contribution in [2.45, 2.75) is 25.8 Å². The quantitative estimate of drug-likeness (QED) is 0.867. The van der Waals surface area contributed by atoms with Crippen LogP contribution in [0.3, 0.4) is 0 Å². The zero-order valence-electron chi connectivity index (χ0n) is 11.1. The van der Waals surface area contributed by atoms with Crippen LogP contribution in [0.15, 0.2) is 36.1 Å². The lowest BCUT2D eigenvalue weighted by molar-refractivity contribution is 0.219. The number of methoxy groups -OCH3 is 1. The van der Waals surface area contributed by atoms with Gasteiger partial charge < -0.3 is 14.8 Å². The van der Waals surface area contributed by atoms with Crippen LogP contribution in [-0.2, 0) is 4.74 Å². The zero-order chi connectivity index (χ0) is 12.8. The van der Waals surface area contributed by atoms with Crippen LogP contribution >= 0.6 is 0 Å². The number of likely N-dealkylation sites (N-methyl/N-ethyl adjacent to an activating group) is 1. The van der Waals surface area contributed by atoms with E-state index >= 15 is 0 Å². The number of para-hydroxylation sites is 1. The summed E-state index contributed by atoms with van der Waals surface area (Å²) in [5.74, 6) is 0.926. The van der Waals surface area contributed by atoms with Crippen molar-refractivity contribution in [3.8, 4) is 5.75 Å². The molecule has 2 rings (SSSR count). The maximum absolute atomic E-state index is 5.46. The zero-order valence-corrected chi connectivity index (χ0v) is 11.1. The highest BCUT2D eigenvalue weighted by Gasteiger charge is 2.21. The van der Waals surface area contributed by atoms with E-state index in [0.29, 0.717) is 0 Å². The van der Waals surface area contributed by atoms with Gasteiger partial charge in [-0.25, -0.2) is 0 Å². The minimum absolute atomic E-state index is 0.187. The maximum atomic E-state index is 5.46. The van der Waals surface area contributed by atoms with Gasteiger partial charge in [-0.1, -0.05) is 25.1 Å². The number of benzene rings is 1. The van der Waals surface area contributed by atoms with Crippen LogP contribution in [0.5, 0.6) is 5.75 Å². The van der Waals surface area contributed by atoms with Crippen molar-refractivity contribution < 1.29 is 9.47 Å². The first-order valence-electron chi connectivity index (χ1n) is 6.53. The topological polar surface area (TPSA) is 30.5 Å². The first kappa shape index (κ1) is 13.0. The SMILES string of the molecule is CCNC(C1=COCCC1)c1ccccc1OC. The third kappa shape index (κ3) is 2.85. The summed E-state index contributed by atoms with van der Waals surface area (Å²) in [7, 11) is 1.72. The van der Waals surface area contributed by atoms with Crippen molar-refractivity contribution in [2.75, 3.05) is 20.3 Å². The molecule has 1 N–H and O–H groups in total. The van der Waals surface area contributed by atoms with Gasteiger partial charge in [0.05, 0.1) is 26.0 Å². The van der Waals surface area contributed by atoms with Crippen molar-refractivity contribution in [1.82, 2.24) is 5.32 Å². The number of nitrogens with one attached hydrogen (secondary N) is 1. The van der Waals surface area contributed by atoms with Gasteiger partial charge >= 0.3 is 0 Å². The summed E-state index contributed by atoms with van der Waals surface area (Å²) >= 11 is 0. The van der Waals surface area contributed by atoms with Gasteiger partial charge in [-0.05, 0) is 31.0 Å². The molecule has 1 aliphatic heterocycles. The lowest BCUT2D eigenvalue weighted by atomic mass is 9.94. The average Bonchev–Trinajstić information content (AvgIpc) is 2.46. The Morgan fingerprint density at radius 2 is 2.22 bits per heavy atom. The van der Waals surface area contributed by atoms with Gasteiger partial charge in [0.1, 0.15) is 5.75 Å². The molecule has 1 heterocycles. The number of hydrogen-bond donors (Lipinski definition) is 1. The van der Waals surface area contributed by atoms with Gasteiger partial charge in [-0.15, -0.1) is 0 Å². The van der Waals surface area contributed by atoms with Crippen molar-refractivity contribution in [3.63, 3.8) is 0 Å². The summed E-state index contributed by atoms with van der Waals surface area (Å²) in [6.45, 7) is 3.86. The van der Waals surface area contributed by atoms with Gasteiger partial charge in [0.2, 0.25) is 0 Å². The van der Waals surface area contributed by atoms with Crippen LogP contribution in [0.1, 0.15) is 31.4 Å². The second kappa shape index (κ2) is 6.45. The highest BCUT2D eigenvalue weighted by Crippen LogP contribution is 2.33. The molecule has 1 aromatic rings. The van der Waals surface area contributed by atoms with E-state index in [9.17, 15) is 0 Å². The molecule has 0 saturated carbocycles. The molecule has 3 nitrogen and oxygen atoms in total. The van der Waals surface area contributed by atoms with E-state index in [1.165, 1.54) is 11.1 Å². The summed E-state index contributed by atoms with van der Waals surface area (Å²) < 4.78 is 10.9. The molecule has 0 spiro atoms. The maximum Gasteiger partial charge on any atom is 0.123 e. The van der Waals surface area contributed by atoms with Gasteiger partial charge in [0.15, 0.2) is 0 Å². The Morgan fingerprint density at radius 3 is 2.89 bits per heavy atom. The Morgan fingerprint density at radius 1 is 1.39 bits per heavy atom. The number of ether oxygens (including phenoxy) is 2. The average molecular weight is 247 g/mol. The fourth-order valence-corrected chi connectivity index (χ4v) is 2.35. The molecule has 18 heavy (non-hydrogen) atoms. The fourth-order valence-electron chi connectivity index (χ4n) is 2.35. The molecule has 0 amide bonds. The first-order chi connectivity index (χ1) is 8.86. The Balaban J connectivity index is 2.31. The molecule has 1 aromatic carbocycles. The molecule has 1 unspecified atom stereocenters. The van der Waals surface area contributed by atoms with E-state index in [1.54, 1.807) is 7.11 Å². The standard InChI is InChI=1S/C15H21NO2/c1-3-16-15(12-7-6-10-18-11-12)13-8-4-5-9-14(13)17-2/h4-5,8-9,11,15-16H,3,6-7,10H2,1-2H3. The molecular formula is C15H21NO2. The molecule has 0 aromatic heterocycles. The largest absolute Gasteiger partial charge is 0.501 e. The summed E-state index contributed by atoms with van der Waals surface area (Å²) in [6.07, 6.45) is 4.07. The third-order valence-corrected chi connectivity index (χ3v) is 3.19. The molecule has 98 valence electrons. The molecule has 3 heteroatoms. The Kier molecular flexibility index (Phi) is 4.65. The molecule has 0 aliphatic carbocycles. The van der Waals surface area contributed by atoms with Crippen LogP contribution < -0.4 is 10.1 Å². The second-order valence-corrected chi connectivity index (χ2v) is 4.40. The van der Waals surface area contributed by atoms with E-state index in [2.05, 4.69) is 18.3 Å². The van der Waals surface area contributed by atoms with Gasteiger partial charge in [-0.2, -0.15) is 0 Å². The van der Waals surface area contributed by atoms with Crippen LogP contribution in [0.25, 0.3) is 0 Å². The van der Waals surface area contributed by atoms with Gasteiger partial charge in [-0.3, -0.25) is 0 Å². The van der Waals surface area contributed by atoms with E-state index in [4.69, 9.17) is 9.47 Å². The fraction of sp³-hybridized carbons (Fsp3) is 0.467. The van der Waals surface area contributed by atoms with E-state index < -0.39 is 0 Å². The van der Waals surface area contributed by atoms with Crippen molar-refractivity contribution in [3.05, 3.63) is 41.7 Å². The Labute approximate surface area is 109 Å². The highest BCUT2D eigenvalue weighted by molar-refractivity contribution is 5.40. The Hall–Kier alpha value is -1.48. The Bertz CT molecular complexity index is 415. The number of hydrogen-bond acceptors (Lipinski definition) is 3. The molecule has 0 saturated heterocycles. The second-order valence-electron chi connectivity index (χ2n) is 4.40. The minimum Gasteiger partial charge on any atom is -0.501 e. The normalized spacial score (nSPS) is 16.7. The molecular weight excluding hydrogens is 226 g/mol. The summed E-state index contributed by atoms with van der Waals surface area (Å²) in [5, 5.41) is 3.52. The smallest absolute Gasteiger partial charge is 0.123 e. The van der Waals surface area contributed by atoms with Crippen molar-refractivity contribution in [2.24, 2.45) is 0 Å². The van der Waals surface area contributed by atoms with Crippen LogP contribution in [0, 0.1) is 0 Å². The summed E-state index contributed by atoms with van der Waals surface area (Å²) in [6, 6.07) is 8.35. The lowest BCUT2D eigenvalue weighted by Crippen LogP contribution is -2.24. The van der Waals surface area contributed by atoms with E-state index in [-0.39, 0.29) is 6.04 Å². The third-order valence-electron chi connectivity index (χ3n) is 3.19. The predicted octanol–water partition coefficient (Wildman–Crippen LogP) is 3.04.